The zero-order valence-electron chi connectivity index (χ0n) is 17.3. The standard InChI is InChI=1S/C24H21N3O4S/c1-16-12-21(27-23(28)20-5-3-11-30-20)32-22(16)24(29)26-14-17-6-8-19(9-7-17)31-15-18-4-2-10-25-13-18/h2-13H,14-15H2,1H3,(H,26,29)(H,27,28). The molecule has 3 aromatic heterocycles. The molecule has 0 spiro atoms. The first-order chi connectivity index (χ1) is 15.6. The van der Waals surface area contributed by atoms with Gasteiger partial charge in [-0.25, -0.2) is 0 Å². The minimum Gasteiger partial charge on any atom is -0.489 e. The predicted octanol–water partition coefficient (Wildman–Crippen LogP) is 4.81. The van der Waals surface area contributed by atoms with Gasteiger partial charge < -0.3 is 19.8 Å². The van der Waals surface area contributed by atoms with Crippen molar-refractivity contribution in [1.29, 1.82) is 0 Å². The lowest BCUT2D eigenvalue weighted by Crippen LogP contribution is -2.22. The molecule has 0 aliphatic carbocycles. The molecule has 0 saturated carbocycles. The first-order valence-corrected chi connectivity index (χ1v) is 10.7. The van der Waals surface area contributed by atoms with Crippen LogP contribution in [0, 0.1) is 6.92 Å². The molecule has 0 fully saturated rings. The van der Waals surface area contributed by atoms with Gasteiger partial charge in [-0.3, -0.25) is 14.6 Å². The highest BCUT2D eigenvalue weighted by atomic mass is 32.1. The maximum atomic E-state index is 12.6. The number of aromatic nitrogens is 1. The van der Waals surface area contributed by atoms with Gasteiger partial charge >= 0.3 is 0 Å². The van der Waals surface area contributed by atoms with E-state index in [-0.39, 0.29) is 17.6 Å². The number of amides is 2. The number of carbonyl (C=O) groups is 2. The van der Waals surface area contributed by atoms with Gasteiger partial charge in [-0.2, -0.15) is 0 Å². The third-order valence-electron chi connectivity index (χ3n) is 4.61. The molecule has 0 aliphatic heterocycles. The van der Waals surface area contributed by atoms with Crippen LogP contribution in [0.15, 0.2) is 77.7 Å². The van der Waals surface area contributed by atoms with Crippen molar-refractivity contribution in [3.05, 3.63) is 101 Å². The van der Waals surface area contributed by atoms with Crippen molar-refractivity contribution < 1.29 is 18.7 Å². The molecule has 0 atom stereocenters. The second kappa shape index (κ2) is 9.93. The summed E-state index contributed by atoms with van der Waals surface area (Å²) < 4.78 is 10.8. The monoisotopic (exact) mass is 447 g/mol. The van der Waals surface area contributed by atoms with Gasteiger partial charge in [0.1, 0.15) is 12.4 Å². The molecular weight excluding hydrogens is 426 g/mol. The van der Waals surface area contributed by atoms with Gasteiger partial charge in [0.25, 0.3) is 11.8 Å². The van der Waals surface area contributed by atoms with Crippen LogP contribution in [0.4, 0.5) is 5.00 Å². The fourth-order valence-electron chi connectivity index (χ4n) is 2.97. The zero-order chi connectivity index (χ0) is 22.3. The van der Waals surface area contributed by atoms with Crippen molar-refractivity contribution >= 4 is 28.2 Å². The Kier molecular flexibility index (Phi) is 6.62. The molecule has 2 amide bonds. The number of anilines is 1. The first-order valence-electron chi connectivity index (χ1n) is 9.92. The molecule has 8 heteroatoms. The molecule has 7 nitrogen and oxygen atoms in total. The molecule has 0 bridgehead atoms. The maximum absolute atomic E-state index is 12.6. The summed E-state index contributed by atoms with van der Waals surface area (Å²) in [5, 5.41) is 6.26. The Labute approximate surface area is 189 Å². The lowest BCUT2D eigenvalue weighted by atomic mass is 10.2. The van der Waals surface area contributed by atoms with E-state index in [1.165, 1.54) is 17.6 Å². The zero-order valence-corrected chi connectivity index (χ0v) is 18.1. The number of benzene rings is 1. The average molecular weight is 448 g/mol. The number of hydrogen-bond donors (Lipinski definition) is 2. The lowest BCUT2D eigenvalue weighted by molar-refractivity contribution is 0.0953. The van der Waals surface area contributed by atoms with E-state index in [1.54, 1.807) is 30.6 Å². The van der Waals surface area contributed by atoms with E-state index < -0.39 is 0 Å². The van der Waals surface area contributed by atoms with Gasteiger partial charge in [-0.05, 0) is 54.4 Å². The fraction of sp³-hybridized carbons (Fsp3) is 0.125. The summed E-state index contributed by atoms with van der Waals surface area (Å²) in [6.45, 7) is 2.66. The number of furan rings is 1. The highest BCUT2D eigenvalue weighted by Gasteiger charge is 2.16. The number of ether oxygens (including phenoxy) is 1. The molecular formula is C24H21N3O4S. The third kappa shape index (κ3) is 5.41. The molecule has 0 radical (unpaired) electrons. The highest BCUT2D eigenvalue weighted by molar-refractivity contribution is 7.18. The van der Waals surface area contributed by atoms with E-state index >= 15 is 0 Å². The van der Waals surface area contributed by atoms with E-state index in [1.807, 2.05) is 43.3 Å². The van der Waals surface area contributed by atoms with Crippen LogP contribution >= 0.6 is 11.3 Å². The van der Waals surface area contributed by atoms with Crippen LogP contribution < -0.4 is 15.4 Å². The number of aryl methyl sites for hydroxylation is 1. The second-order valence-corrected chi connectivity index (χ2v) is 8.08. The molecule has 2 N–H and O–H groups in total. The number of carbonyl (C=O) groups excluding carboxylic acids is 2. The normalized spacial score (nSPS) is 10.5. The Hall–Kier alpha value is -3.91. The minimum absolute atomic E-state index is 0.192. The molecule has 4 aromatic rings. The Morgan fingerprint density at radius 3 is 2.62 bits per heavy atom. The number of thiophene rings is 1. The number of hydrogen-bond acceptors (Lipinski definition) is 6. The molecule has 1 aromatic carbocycles. The van der Waals surface area contributed by atoms with Crippen LogP contribution in [-0.2, 0) is 13.2 Å². The second-order valence-electron chi connectivity index (χ2n) is 7.03. The van der Waals surface area contributed by atoms with Crippen LogP contribution in [0.25, 0.3) is 0 Å². The van der Waals surface area contributed by atoms with Crippen LogP contribution in [0.2, 0.25) is 0 Å². The molecule has 0 saturated heterocycles. The summed E-state index contributed by atoms with van der Waals surface area (Å²) in [7, 11) is 0. The fourth-order valence-corrected chi connectivity index (χ4v) is 3.95. The summed E-state index contributed by atoms with van der Waals surface area (Å²) in [5.74, 6) is 0.418. The largest absolute Gasteiger partial charge is 0.489 e. The molecule has 3 heterocycles. The van der Waals surface area contributed by atoms with Crippen molar-refractivity contribution in [1.82, 2.24) is 10.3 Å². The minimum atomic E-state index is -0.353. The SMILES string of the molecule is Cc1cc(NC(=O)c2ccco2)sc1C(=O)NCc1ccc(OCc2cccnc2)cc1. The van der Waals surface area contributed by atoms with Crippen molar-refractivity contribution in [2.45, 2.75) is 20.1 Å². The molecule has 4 rings (SSSR count). The number of nitrogens with zero attached hydrogens (tertiary/aromatic N) is 1. The van der Waals surface area contributed by atoms with Gasteiger partial charge in [0.05, 0.1) is 16.1 Å². The van der Waals surface area contributed by atoms with E-state index in [0.29, 0.717) is 23.0 Å². The van der Waals surface area contributed by atoms with Crippen molar-refractivity contribution in [2.75, 3.05) is 5.32 Å². The van der Waals surface area contributed by atoms with Crippen molar-refractivity contribution in [3.8, 4) is 5.75 Å². The van der Waals surface area contributed by atoms with Crippen LogP contribution in [0.3, 0.4) is 0 Å². The van der Waals surface area contributed by atoms with Gasteiger partial charge in [-0.15, -0.1) is 11.3 Å². The first kappa shape index (κ1) is 21.3. The Bertz CT molecular complexity index is 1190. The van der Waals surface area contributed by atoms with Gasteiger partial charge in [-0.1, -0.05) is 18.2 Å². The van der Waals surface area contributed by atoms with E-state index in [0.717, 1.165) is 22.4 Å². The number of rotatable bonds is 8. The van der Waals surface area contributed by atoms with E-state index in [4.69, 9.17) is 9.15 Å². The topological polar surface area (TPSA) is 93.5 Å². The van der Waals surface area contributed by atoms with Crippen LogP contribution in [-0.4, -0.2) is 16.8 Å². The smallest absolute Gasteiger partial charge is 0.291 e. The molecule has 0 unspecified atom stereocenters. The summed E-state index contributed by atoms with van der Waals surface area (Å²) >= 11 is 1.22. The summed E-state index contributed by atoms with van der Waals surface area (Å²) in [6.07, 6.45) is 4.93. The van der Waals surface area contributed by atoms with Crippen LogP contribution in [0.1, 0.15) is 36.9 Å². The summed E-state index contributed by atoms with van der Waals surface area (Å²) in [4.78, 5) is 29.4. The Morgan fingerprint density at radius 2 is 1.91 bits per heavy atom. The van der Waals surface area contributed by atoms with E-state index in [2.05, 4.69) is 15.6 Å². The molecule has 32 heavy (non-hydrogen) atoms. The summed E-state index contributed by atoms with van der Waals surface area (Å²) in [6, 6.07) is 16.4. The highest BCUT2D eigenvalue weighted by Crippen LogP contribution is 2.27. The molecule has 0 aliphatic rings. The van der Waals surface area contributed by atoms with Crippen molar-refractivity contribution in [3.63, 3.8) is 0 Å². The Balaban J connectivity index is 1.29. The maximum Gasteiger partial charge on any atom is 0.291 e. The van der Waals surface area contributed by atoms with Gasteiger partial charge in [0.2, 0.25) is 0 Å². The van der Waals surface area contributed by atoms with Gasteiger partial charge in [0.15, 0.2) is 5.76 Å². The summed E-state index contributed by atoms with van der Waals surface area (Å²) in [5.41, 5.74) is 2.74. The average Bonchev–Trinajstić information content (AvgIpc) is 3.47. The van der Waals surface area contributed by atoms with Gasteiger partial charge in [0, 0.05) is 24.5 Å². The molecule has 162 valence electrons. The lowest BCUT2D eigenvalue weighted by Gasteiger charge is -2.08. The quantitative estimate of drug-likeness (QED) is 0.404. The number of pyridine rings is 1. The third-order valence-corrected chi connectivity index (χ3v) is 5.76. The number of nitrogens with one attached hydrogen (secondary N) is 2. The Morgan fingerprint density at radius 1 is 1.06 bits per heavy atom. The van der Waals surface area contributed by atoms with Crippen LogP contribution in [0.5, 0.6) is 5.75 Å². The van der Waals surface area contributed by atoms with E-state index in [9.17, 15) is 9.59 Å². The van der Waals surface area contributed by atoms with Crippen molar-refractivity contribution in [2.24, 2.45) is 0 Å². The predicted molar refractivity (Wildman–Crippen MR) is 122 cm³/mol.